The van der Waals surface area contributed by atoms with Crippen molar-refractivity contribution < 1.29 is 32.5 Å². The van der Waals surface area contributed by atoms with Gasteiger partial charge in [-0.25, -0.2) is 4.57 Å². The Hall–Kier alpha value is 0.570. The van der Waals surface area contributed by atoms with Crippen molar-refractivity contribution >= 4 is 27.2 Å². The Morgan fingerprint density at radius 2 is 1.45 bits per heavy atom. The van der Waals surface area contributed by atoms with Gasteiger partial charge in [0, 0.05) is 18.5 Å². The van der Waals surface area contributed by atoms with Crippen LogP contribution in [0.1, 0.15) is 84.5 Å². The average Bonchev–Trinajstić information content (AvgIpc) is 2.72. The monoisotopic (exact) mass is 505 g/mol. The highest BCUT2D eigenvalue weighted by molar-refractivity contribution is 7.99. The summed E-state index contributed by atoms with van der Waals surface area (Å²) in [7, 11) is -8.07. The van der Waals surface area contributed by atoms with Crippen molar-refractivity contribution in [3.05, 3.63) is 0 Å². The van der Waals surface area contributed by atoms with Crippen molar-refractivity contribution in [2.24, 2.45) is 5.73 Å². The molecule has 0 saturated carbocycles. The minimum absolute atomic E-state index is 0.0811. The molecule has 8 nitrogen and oxygen atoms in total. The number of nitrogens with two attached hydrogens (primary N) is 1. The van der Waals surface area contributed by atoms with Gasteiger partial charge in [-0.2, -0.15) is 11.8 Å². The third kappa shape index (κ3) is 20.9. The van der Waals surface area contributed by atoms with Crippen LogP contribution in [-0.2, 0) is 22.7 Å². The highest BCUT2D eigenvalue weighted by Gasteiger charge is 2.28. The van der Waals surface area contributed by atoms with E-state index in [9.17, 15) is 18.9 Å². The van der Waals surface area contributed by atoms with Crippen molar-refractivity contribution in [2.45, 2.75) is 90.6 Å². The summed E-state index contributed by atoms with van der Waals surface area (Å²) >= 11 is 1.60. The Morgan fingerprint density at radius 1 is 0.871 bits per heavy atom. The molecule has 0 aromatic carbocycles. The van der Waals surface area contributed by atoms with Gasteiger partial charge in [0.15, 0.2) is 0 Å². The first-order valence-corrected chi connectivity index (χ1v) is 16.1. The zero-order chi connectivity index (χ0) is 23.4. The Bertz CT molecular complexity index is 514. The molecule has 0 fully saturated rings. The molecule has 3 atom stereocenters. The Kier molecular flexibility index (Phi) is 20.4. The maximum atomic E-state index is 12.5. The number of thioether (sulfide) groups is 1. The van der Waals surface area contributed by atoms with E-state index in [1.807, 2.05) is 0 Å². The van der Waals surface area contributed by atoms with Gasteiger partial charge in [-0.05, 0) is 18.6 Å². The Morgan fingerprint density at radius 3 is 2.06 bits per heavy atom. The van der Waals surface area contributed by atoms with E-state index in [1.54, 1.807) is 11.8 Å². The Balaban J connectivity index is 4.51. The number of hydrogen-bond acceptors (Lipinski definition) is 7. The van der Waals surface area contributed by atoms with Gasteiger partial charge in [0.1, 0.15) is 6.10 Å². The van der Waals surface area contributed by atoms with Gasteiger partial charge in [-0.15, -0.1) is 0 Å². The molecule has 31 heavy (non-hydrogen) atoms. The predicted molar refractivity (Wildman–Crippen MR) is 130 cm³/mol. The second kappa shape index (κ2) is 20.0. The standard InChI is InChI=1S/C20H45NO7P2S/c1-3-5-7-9-10-12-16-29(22,23)28-20(18-27-30(24,25)26-15-14-21)19-31-17-13-11-8-6-4-2/h20H,3-19,21H2,1-2H3,(H,22,23)(H,24,25). The summed E-state index contributed by atoms with van der Waals surface area (Å²) in [6, 6.07) is 0. The number of unbranched alkanes of at least 4 members (excludes halogenated alkanes) is 9. The SMILES string of the molecule is CCCCCCCCP(=O)(O)OC(COP(=O)(O)OCCN)CSCCCCCCC. The van der Waals surface area contributed by atoms with Crippen LogP contribution in [0.5, 0.6) is 0 Å². The minimum atomic E-state index is -4.26. The molecule has 0 bridgehead atoms. The molecule has 0 amide bonds. The van der Waals surface area contributed by atoms with Gasteiger partial charge in [-0.1, -0.05) is 71.6 Å². The van der Waals surface area contributed by atoms with Crippen LogP contribution < -0.4 is 5.73 Å². The lowest BCUT2D eigenvalue weighted by atomic mass is 10.1. The quantitative estimate of drug-likeness (QED) is 0.118. The molecule has 0 radical (unpaired) electrons. The molecule has 0 heterocycles. The van der Waals surface area contributed by atoms with Crippen LogP contribution in [-0.4, -0.2) is 53.3 Å². The molecule has 11 heteroatoms. The van der Waals surface area contributed by atoms with E-state index in [-0.39, 0.29) is 25.9 Å². The molecule has 0 spiro atoms. The van der Waals surface area contributed by atoms with Gasteiger partial charge < -0.3 is 20.0 Å². The van der Waals surface area contributed by atoms with Crippen LogP contribution in [0.15, 0.2) is 0 Å². The zero-order valence-corrected chi connectivity index (χ0v) is 22.0. The van der Waals surface area contributed by atoms with Gasteiger partial charge in [0.25, 0.3) is 0 Å². The van der Waals surface area contributed by atoms with Crippen LogP contribution in [0.4, 0.5) is 0 Å². The van der Waals surface area contributed by atoms with E-state index >= 15 is 0 Å². The molecule has 188 valence electrons. The van der Waals surface area contributed by atoms with Crippen LogP contribution in [0, 0.1) is 0 Å². The molecule has 0 aromatic heterocycles. The lowest BCUT2D eigenvalue weighted by molar-refractivity contribution is 0.0910. The molecule has 4 N–H and O–H groups in total. The van der Waals surface area contributed by atoms with Crippen molar-refractivity contribution in [3.8, 4) is 0 Å². The molecule has 3 unspecified atom stereocenters. The lowest BCUT2D eigenvalue weighted by Crippen LogP contribution is -2.22. The van der Waals surface area contributed by atoms with Crippen molar-refractivity contribution in [1.82, 2.24) is 0 Å². The first-order valence-electron chi connectivity index (χ1n) is 11.7. The molecular weight excluding hydrogens is 460 g/mol. The second-order valence-corrected chi connectivity index (χ2v) is 12.3. The van der Waals surface area contributed by atoms with Crippen LogP contribution in [0.2, 0.25) is 0 Å². The van der Waals surface area contributed by atoms with Gasteiger partial charge in [0.05, 0.1) is 13.2 Å². The van der Waals surface area contributed by atoms with Crippen LogP contribution >= 0.6 is 27.2 Å². The summed E-state index contributed by atoms with van der Waals surface area (Å²) in [6.45, 7) is 4.01. The van der Waals surface area contributed by atoms with Crippen LogP contribution in [0.3, 0.4) is 0 Å². The van der Waals surface area contributed by atoms with Gasteiger partial charge >= 0.3 is 15.4 Å². The van der Waals surface area contributed by atoms with E-state index in [0.717, 1.165) is 44.3 Å². The topological polar surface area (TPSA) is 128 Å². The predicted octanol–water partition coefficient (Wildman–Crippen LogP) is 5.71. The van der Waals surface area contributed by atoms with Crippen LogP contribution in [0.25, 0.3) is 0 Å². The smallest absolute Gasteiger partial charge is 0.328 e. The number of hydrogen-bond donors (Lipinski definition) is 3. The largest absolute Gasteiger partial charge is 0.472 e. The summed E-state index contributed by atoms with van der Waals surface area (Å²) in [5.74, 6) is 1.31. The molecule has 0 rings (SSSR count). The van der Waals surface area contributed by atoms with Crippen molar-refractivity contribution in [2.75, 3.05) is 37.4 Å². The summed E-state index contributed by atoms with van der Waals surface area (Å²) < 4.78 is 39.6. The lowest BCUT2D eigenvalue weighted by Gasteiger charge is -2.22. The van der Waals surface area contributed by atoms with E-state index in [2.05, 4.69) is 13.8 Å². The van der Waals surface area contributed by atoms with E-state index in [0.29, 0.717) is 12.2 Å². The molecule has 0 saturated heterocycles. The summed E-state index contributed by atoms with van der Waals surface area (Å²) in [4.78, 5) is 19.9. The summed E-state index contributed by atoms with van der Waals surface area (Å²) in [5.41, 5.74) is 5.27. The Labute approximate surface area is 193 Å². The summed E-state index contributed by atoms with van der Waals surface area (Å²) in [6.07, 6.45) is 11.2. The maximum absolute atomic E-state index is 12.5. The zero-order valence-electron chi connectivity index (χ0n) is 19.4. The second-order valence-electron chi connectivity index (χ2n) is 7.73. The molecular formula is C20H45NO7P2S. The first kappa shape index (κ1) is 31.6. The molecule has 0 aliphatic rings. The highest BCUT2D eigenvalue weighted by Crippen LogP contribution is 2.47. The third-order valence-electron chi connectivity index (χ3n) is 4.60. The fourth-order valence-corrected chi connectivity index (χ4v) is 6.09. The van der Waals surface area contributed by atoms with E-state index < -0.39 is 21.5 Å². The van der Waals surface area contributed by atoms with E-state index in [4.69, 9.17) is 19.3 Å². The minimum Gasteiger partial charge on any atom is -0.328 e. The normalized spacial score (nSPS) is 16.7. The van der Waals surface area contributed by atoms with Crippen molar-refractivity contribution in [3.63, 3.8) is 0 Å². The van der Waals surface area contributed by atoms with Crippen molar-refractivity contribution in [1.29, 1.82) is 0 Å². The fraction of sp³-hybridized carbons (Fsp3) is 1.00. The third-order valence-corrected chi connectivity index (χ3v) is 8.28. The number of rotatable bonds is 23. The molecule has 0 aliphatic carbocycles. The van der Waals surface area contributed by atoms with E-state index in [1.165, 1.54) is 25.7 Å². The molecule has 0 aromatic rings. The number of phosphoric acid groups is 1. The fourth-order valence-electron chi connectivity index (χ4n) is 2.89. The highest BCUT2D eigenvalue weighted by atomic mass is 32.2. The average molecular weight is 506 g/mol. The molecule has 0 aliphatic heterocycles. The summed E-state index contributed by atoms with van der Waals surface area (Å²) in [5, 5.41) is 0. The number of phosphoric ester groups is 1. The van der Waals surface area contributed by atoms with Gasteiger partial charge in [-0.3, -0.25) is 13.6 Å². The van der Waals surface area contributed by atoms with Gasteiger partial charge in [0.2, 0.25) is 0 Å². The maximum Gasteiger partial charge on any atom is 0.472 e. The first-order chi connectivity index (χ1) is 14.8.